The zero-order valence-electron chi connectivity index (χ0n) is 10.7. The van der Waals surface area contributed by atoms with Crippen molar-refractivity contribution in [2.24, 2.45) is 0 Å². The summed E-state index contributed by atoms with van der Waals surface area (Å²) in [5.74, 6) is 0.788. The molecule has 18 heavy (non-hydrogen) atoms. The Kier molecular flexibility index (Phi) is 4.01. The molecule has 1 aliphatic rings. The normalized spacial score (nSPS) is 14.5. The van der Waals surface area contributed by atoms with Gasteiger partial charge in [0.1, 0.15) is 6.54 Å². The van der Waals surface area contributed by atoms with Crippen LogP contribution in [-0.4, -0.2) is 30.9 Å². The van der Waals surface area contributed by atoms with Crippen LogP contribution < -0.4 is 10.6 Å². The van der Waals surface area contributed by atoms with Crippen molar-refractivity contribution in [1.29, 1.82) is 0 Å². The van der Waals surface area contributed by atoms with Crippen LogP contribution >= 0.6 is 11.8 Å². The highest BCUT2D eigenvalue weighted by molar-refractivity contribution is 7.99. The van der Waals surface area contributed by atoms with E-state index >= 15 is 0 Å². The summed E-state index contributed by atoms with van der Waals surface area (Å²) in [7, 11) is 0. The maximum atomic E-state index is 11.7. The molecule has 0 saturated heterocycles. The number of ether oxygens (including phenoxy) is 1. The molecule has 0 aromatic heterocycles. The first-order chi connectivity index (χ1) is 8.56. The summed E-state index contributed by atoms with van der Waals surface area (Å²) >= 11 is 1.79. The lowest BCUT2D eigenvalue weighted by Crippen LogP contribution is -2.35. The smallest absolute Gasteiger partial charge is 0.325 e. The van der Waals surface area contributed by atoms with E-state index in [1.165, 1.54) is 4.90 Å². The van der Waals surface area contributed by atoms with Crippen LogP contribution in [0.2, 0.25) is 0 Å². The number of nitrogen functional groups attached to an aromatic ring is 1. The first-order valence-corrected chi connectivity index (χ1v) is 7.01. The number of hydrogen-bond donors (Lipinski definition) is 1. The molecule has 98 valence electrons. The van der Waals surface area contributed by atoms with Crippen LogP contribution in [-0.2, 0) is 9.53 Å². The molecule has 0 unspecified atom stereocenters. The molecule has 0 spiro atoms. The molecule has 0 saturated carbocycles. The number of hydrogen-bond acceptors (Lipinski definition) is 5. The van der Waals surface area contributed by atoms with Crippen LogP contribution in [0.3, 0.4) is 0 Å². The van der Waals surface area contributed by atoms with Crippen molar-refractivity contribution >= 4 is 29.1 Å². The van der Waals surface area contributed by atoms with Gasteiger partial charge in [0.2, 0.25) is 0 Å². The fourth-order valence-corrected chi connectivity index (χ4v) is 2.94. The topological polar surface area (TPSA) is 55.6 Å². The predicted molar refractivity (Wildman–Crippen MR) is 75.0 cm³/mol. The van der Waals surface area contributed by atoms with Gasteiger partial charge in [0.05, 0.1) is 11.8 Å². The lowest BCUT2D eigenvalue weighted by molar-refractivity contribution is -0.145. The van der Waals surface area contributed by atoms with Crippen LogP contribution in [0.5, 0.6) is 0 Å². The first kappa shape index (κ1) is 13.1. The van der Waals surface area contributed by atoms with E-state index in [-0.39, 0.29) is 18.6 Å². The van der Waals surface area contributed by atoms with E-state index in [1.807, 2.05) is 36.9 Å². The molecule has 1 aromatic carbocycles. The Bertz CT molecular complexity index is 449. The second kappa shape index (κ2) is 5.52. The van der Waals surface area contributed by atoms with Crippen molar-refractivity contribution in [2.45, 2.75) is 24.8 Å². The third-order valence-corrected chi connectivity index (χ3v) is 3.67. The second-order valence-corrected chi connectivity index (χ2v) is 5.67. The molecule has 2 rings (SSSR count). The molecule has 0 radical (unpaired) electrons. The Labute approximate surface area is 111 Å². The molecule has 0 aliphatic carbocycles. The Morgan fingerprint density at radius 3 is 3.06 bits per heavy atom. The van der Waals surface area contributed by atoms with Crippen molar-refractivity contribution in [2.75, 3.05) is 29.5 Å². The van der Waals surface area contributed by atoms with Gasteiger partial charge in [0, 0.05) is 22.9 Å². The molecular weight excluding hydrogens is 248 g/mol. The largest absolute Gasteiger partial charge is 0.462 e. The van der Waals surface area contributed by atoms with Crippen molar-refractivity contribution in [1.82, 2.24) is 0 Å². The van der Waals surface area contributed by atoms with Gasteiger partial charge in [-0.15, -0.1) is 11.8 Å². The number of nitrogens with two attached hydrogens (primary N) is 1. The Balaban J connectivity index is 2.12. The molecule has 2 N–H and O–H groups in total. The maximum absolute atomic E-state index is 11.7. The Hall–Kier alpha value is -1.36. The van der Waals surface area contributed by atoms with Crippen LogP contribution in [0.25, 0.3) is 0 Å². The quantitative estimate of drug-likeness (QED) is 0.671. The predicted octanol–water partition coefficient (Wildman–Crippen LogP) is 2.13. The second-order valence-electron chi connectivity index (χ2n) is 4.54. The third kappa shape index (κ3) is 3.10. The summed E-state index contributed by atoms with van der Waals surface area (Å²) in [4.78, 5) is 14.9. The lowest BCUT2D eigenvalue weighted by Gasteiger charge is -2.30. The van der Waals surface area contributed by atoms with Crippen LogP contribution in [0.1, 0.15) is 13.8 Å². The molecule has 5 heteroatoms. The van der Waals surface area contributed by atoms with E-state index in [0.29, 0.717) is 0 Å². The zero-order chi connectivity index (χ0) is 13.1. The fraction of sp³-hybridized carbons (Fsp3) is 0.462. The summed E-state index contributed by atoms with van der Waals surface area (Å²) in [6, 6.07) is 5.82. The molecule has 0 atom stereocenters. The van der Waals surface area contributed by atoms with E-state index in [0.717, 1.165) is 23.7 Å². The van der Waals surface area contributed by atoms with E-state index in [9.17, 15) is 4.79 Å². The van der Waals surface area contributed by atoms with Crippen LogP contribution in [0.4, 0.5) is 11.4 Å². The van der Waals surface area contributed by atoms with Crippen molar-refractivity contribution in [3.05, 3.63) is 18.2 Å². The molecule has 0 bridgehead atoms. The summed E-state index contributed by atoms with van der Waals surface area (Å²) in [5.41, 5.74) is 7.56. The molecule has 0 amide bonds. The highest BCUT2D eigenvalue weighted by Gasteiger charge is 2.20. The number of carbonyl (C=O) groups is 1. The van der Waals surface area contributed by atoms with E-state index in [1.54, 1.807) is 11.8 Å². The highest BCUT2D eigenvalue weighted by atomic mass is 32.2. The minimum absolute atomic E-state index is 0.0722. The number of carbonyl (C=O) groups excluding carboxylic acids is 1. The van der Waals surface area contributed by atoms with Gasteiger partial charge >= 0.3 is 5.97 Å². The van der Waals surface area contributed by atoms with Crippen molar-refractivity contribution in [3.63, 3.8) is 0 Å². The number of thioether (sulfide) groups is 1. The number of fused-ring (bicyclic) bond motifs is 1. The van der Waals surface area contributed by atoms with Crippen molar-refractivity contribution < 1.29 is 9.53 Å². The van der Waals surface area contributed by atoms with Crippen LogP contribution in [0.15, 0.2) is 23.1 Å². The van der Waals surface area contributed by atoms with Gasteiger partial charge in [0.25, 0.3) is 0 Å². The van der Waals surface area contributed by atoms with E-state index in [2.05, 4.69) is 0 Å². The Morgan fingerprint density at radius 1 is 1.56 bits per heavy atom. The average molecular weight is 266 g/mol. The van der Waals surface area contributed by atoms with Crippen molar-refractivity contribution in [3.8, 4) is 0 Å². The third-order valence-electron chi connectivity index (χ3n) is 2.63. The van der Waals surface area contributed by atoms with Gasteiger partial charge in [-0.2, -0.15) is 0 Å². The number of nitrogens with zero attached hydrogens (tertiary/aromatic N) is 1. The number of anilines is 2. The number of esters is 1. The maximum Gasteiger partial charge on any atom is 0.325 e. The van der Waals surface area contributed by atoms with Gasteiger partial charge in [-0.1, -0.05) is 0 Å². The molecular formula is C13H18N2O2S. The summed E-state index contributed by atoms with van der Waals surface area (Å²) in [6.07, 6.45) is -0.0722. The summed E-state index contributed by atoms with van der Waals surface area (Å²) in [5, 5.41) is 0. The Morgan fingerprint density at radius 2 is 2.33 bits per heavy atom. The molecule has 4 nitrogen and oxygen atoms in total. The summed E-state index contributed by atoms with van der Waals surface area (Å²) in [6.45, 7) is 4.84. The average Bonchev–Trinajstić information content (AvgIpc) is 2.28. The molecule has 1 aliphatic heterocycles. The van der Waals surface area contributed by atoms with Gasteiger partial charge in [-0.05, 0) is 32.0 Å². The standard InChI is InChI=1S/C13H18N2O2S/c1-9(2)17-13(16)8-15-5-6-18-12-4-3-10(14)7-11(12)15/h3-4,7,9H,5-6,8,14H2,1-2H3. The minimum atomic E-state index is -0.190. The number of benzene rings is 1. The van der Waals surface area contributed by atoms with Gasteiger partial charge < -0.3 is 15.4 Å². The lowest BCUT2D eigenvalue weighted by atomic mass is 10.2. The minimum Gasteiger partial charge on any atom is -0.462 e. The zero-order valence-corrected chi connectivity index (χ0v) is 11.5. The molecule has 1 heterocycles. The SMILES string of the molecule is CC(C)OC(=O)CN1CCSc2ccc(N)cc21. The number of rotatable bonds is 3. The first-order valence-electron chi connectivity index (χ1n) is 6.03. The summed E-state index contributed by atoms with van der Waals surface area (Å²) < 4.78 is 5.18. The van der Waals surface area contributed by atoms with E-state index < -0.39 is 0 Å². The van der Waals surface area contributed by atoms with Gasteiger partial charge in [-0.25, -0.2) is 0 Å². The van der Waals surface area contributed by atoms with Gasteiger partial charge in [0.15, 0.2) is 0 Å². The van der Waals surface area contributed by atoms with Crippen LogP contribution in [0, 0.1) is 0 Å². The highest BCUT2D eigenvalue weighted by Crippen LogP contribution is 2.35. The molecule has 1 aromatic rings. The monoisotopic (exact) mass is 266 g/mol. The fourth-order valence-electron chi connectivity index (χ4n) is 1.91. The molecule has 0 fully saturated rings. The van der Waals surface area contributed by atoms with Gasteiger partial charge in [-0.3, -0.25) is 4.79 Å². The van der Waals surface area contributed by atoms with E-state index in [4.69, 9.17) is 10.5 Å².